The number of hydrogen-bond donors (Lipinski definition) is 1. The maximum absolute atomic E-state index is 13.2. The molecule has 7 nitrogen and oxygen atoms in total. The number of carboxylic acid groups (broad SMARTS) is 1. The number of fused-ring (bicyclic) bond motifs is 3. The highest BCUT2D eigenvalue weighted by Crippen LogP contribution is 2.57. The van der Waals surface area contributed by atoms with Crippen LogP contribution >= 0.6 is 0 Å². The van der Waals surface area contributed by atoms with Gasteiger partial charge in [0.2, 0.25) is 11.8 Å². The first kappa shape index (κ1) is 22.2. The van der Waals surface area contributed by atoms with Gasteiger partial charge in [0.05, 0.1) is 0 Å². The molecule has 1 N–H and O–H groups in total. The van der Waals surface area contributed by atoms with Crippen LogP contribution in [0.1, 0.15) is 69.7 Å². The topological polar surface area (TPSA) is 96.5 Å². The van der Waals surface area contributed by atoms with Gasteiger partial charge in [0.1, 0.15) is 0 Å². The number of carbonyl (C=O) groups is 2. The predicted octanol–water partition coefficient (Wildman–Crippen LogP) is 4.76. The van der Waals surface area contributed by atoms with E-state index in [4.69, 9.17) is 9.63 Å². The van der Waals surface area contributed by atoms with Gasteiger partial charge in [0, 0.05) is 29.6 Å². The molecule has 7 heteroatoms. The fourth-order valence-electron chi connectivity index (χ4n) is 5.24. The SMILES string of the molecule is Cc1noc(C23CCC(CN(C(=O)C(C)C)c4cccc(/C=C/C(=O)O)c4)(CC2)CC3)n1. The van der Waals surface area contributed by atoms with Gasteiger partial charge in [-0.2, -0.15) is 4.98 Å². The number of aromatic nitrogens is 2. The number of amides is 1. The lowest BCUT2D eigenvalue weighted by Gasteiger charge is -2.53. The van der Waals surface area contributed by atoms with Gasteiger partial charge in [0.25, 0.3) is 0 Å². The molecule has 0 unspecified atom stereocenters. The predicted molar refractivity (Wildman–Crippen MR) is 121 cm³/mol. The number of carboxylic acids is 1. The standard InChI is InChI=1S/C25H31N3O4/c1-17(2)22(31)28(20-6-4-5-19(15-20)7-8-21(29)30)16-24-9-12-25(13-10-24,14-11-24)23-26-18(3)27-32-23/h4-8,15,17H,9-14,16H2,1-3H3,(H,29,30)/b8-7+. The molecule has 0 spiro atoms. The molecule has 1 aromatic heterocycles. The second-order valence-corrected chi connectivity index (χ2v) is 9.77. The van der Waals surface area contributed by atoms with Crippen LogP contribution in [0, 0.1) is 18.3 Å². The number of carbonyl (C=O) groups excluding carboxylic acids is 1. The molecule has 2 aromatic rings. The molecule has 1 aromatic carbocycles. The first-order valence-electron chi connectivity index (χ1n) is 11.4. The molecule has 170 valence electrons. The number of aryl methyl sites for hydroxylation is 1. The summed E-state index contributed by atoms with van der Waals surface area (Å²) in [6.45, 7) is 6.38. The van der Waals surface area contributed by atoms with Crippen molar-refractivity contribution in [3.8, 4) is 0 Å². The minimum absolute atomic E-state index is 0.0164. The zero-order valence-electron chi connectivity index (χ0n) is 19.0. The second-order valence-electron chi connectivity index (χ2n) is 9.77. The number of rotatable bonds is 7. The van der Waals surface area contributed by atoms with Gasteiger partial charge in [-0.3, -0.25) is 4.79 Å². The Morgan fingerprint density at radius 3 is 2.44 bits per heavy atom. The van der Waals surface area contributed by atoms with Crippen LogP contribution in [0.25, 0.3) is 6.08 Å². The average Bonchev–Trinajstić information content (AvgIpc) is 3.24. The Morgan fingerprint density at radius 1 is 1.19 bits per heavy atom. The fourth-order valence-corrected chi connectivity index (χ4v) is 5.24. The van der Waals surface area contributed by atoms with Crippen LogP contribution in [0.3, 0.4) is 0 Å². The number of hydrogen-bond acceptors (Lipinski definition) is 5. The smallest absolute Gasteiger partial charge is 0.328 e. The van der Waals surface area contributed by atoms with Crippen LogP contribution in [-0.4, -0.2) is 33.7 Å². The molecule has 0 saturated heterocycles. The summed E-state index contributed by atoms with van der Waals surface area (Å²) in [6.07, 6.45) is 8.75. The van der Waals surface area contributed by atoms with Crippen LogP contribution in [0.15, 0.2) is 34.9 Å². The highest BCUT2D eigenvalue weighted by Gasteiger charge is 2.52. The van der Waals surface area contributed by atoms with Crippen molar-refractivity contribution in [2.24, 2.45) is 11.3 Å². The highest BCUT2D eigenvalue weighted by atomic mass is 16.5. The van der Waals surface area contributed by atoms with Crippen molar-refractivity contribution in [2.45, 2.75) is 64.7 Å². The van der Waals surface area contributed by atoms with Gasteiger partial charge in [-0.1, -0.05) is 31.1 Å². The lowest BCUT2D eigenvalue weighted by Crippen LogP contribution is -2.51. The van der Waals surface area contributed by atoms with Gasteiger partial charge < -0.3 is 14.5 Å². The summed E-state index contributed by atoms with van der Waals surface area (Å²) in [5.41, 5.74) is 1.65. The van der Waals surface area contributed by atoms with E-state index in [1.165, 1.54) is 0 Å². The van der Waals surface area contributed by atoms with Gasteiger partial charge in [0.15, 0.2) is 5.82 Å². The lowest BCUT2D eigenvalue weighted by atomic mass is 9.53. The van der Waals surface area contributed by atoms with Crippen LogP contribution in [0.5, 0.6) is 0 Å². The molecule has 2 bridgehead atoms. The summed E-state index contributed by atoms with van der Waals surface area (Å²) in [5.74, 6) is 0.429. The third-order valence-corrected chi connectivity index (χ3v) is 7.24. The summed E-state index contributed by atoms with van der Waals surface area (Å²) >= 11 is 0. The molecule has 5 rings (SSSR count). The molecule has 32 heavy (non-hydrogen) atoms. The van der Waals surface area contributed by atoms with Gasteiger partial charge in [-0.15, -0.1) is 0 Å². The van der Waals surface area contributed by atoms with E-state index in [-0.39, 0.29) is 22.7 Å². The molecule has 0 radical (unpaired) electrons. The third kappa shape index (κ3) is 4.33. The van der Waals surface area contributed by atoms with Crippen molar-refractivity contribution in [2.75, 3.05) is 11.4 Å². The molecule has 1 heterocycles. The summed E-state index contributed by atoms with van der Waals surface area (Å²) < 4.78 is 5.55. The maximum atomic E-state index is 13.2. The Hall–Kier alpha value is -2.96. The van der Waals surface area contributed by atoms with E-state index in [0.29, 0.717) is 12.4 Å². The van der Waals surface area contributed by atoms with Crippen LogP contribution in [0.4, 0.5) is 5.69 Å². The number of anilines is 1. The van der Waals surface area contributed by atoms with E-state index in [0.717, 1.165) is 61.7 Å². The highest BCUT2D eigenvalue weighted by molar-refractivity contribution is 5.95. The van der Waals surface area contributed by atoms with E-state index in [1.807, 2.05) is 49.9 Å². The number of aliphatic carboxylic acids is 1. The lowest BCUT2D eigenvalue weighted by molar-refractivity contribution is -0.131. The van der Waals surface area contributed by atoms with Gasteiger partial charge >= 0.3 is 5.97 Å². The summed E-state index contributed by atoms with van der Waals surface area (Å²) in [4.78, 5) is 30.6. The van der Waals surface area contributed by atoms with E-state index in [1.54, 1.807) is 6.08 Å². The average molecular weight is 438 g/mol. The van der Waals surface area contributed by atoms with Crippen molar-refractivity contribution in [1.29, 1.82) is 0 Å². The van der Waals surface area contributed by atoms with Gasteiger partial charge in [-0.25, -0.2) is 4.79 Å². The summed E-state index contributed by atoms with van der Waals surface area (Å²) in [5, 5.41) is 12.9. The normalized spacial score (nSPS) is 24.9. The second kappa shape index (κ2) is 8.52. The summed E-state index contributed by atoms with van der Waals surface area (Å²) in [7, 11) is 0. The van der Waals surface area contributed by atoms with E-state index in [2.05, 4.69) is 10.1 Å². The maximum Gasteiger partial charge on any atom is 0.328 e. The van der Waals surface area contributed by atoms with Crippen LogP contribution < -0.4 is 4.90 Å². The monoisotopic (exact) mass is 437 g/mol. The molecule has 1 amide bonds. The largest absolute Gasteiger partial charge is 0.478 e. The number of nitrogens with zero attached hydrogens (tertiary/aromatic N) is 3. The molecule has 3 fully saturated rings. The Balaban J connectivity index is 1.57. The minimum atomic E-state index is -0.992. The molecule has 3 aliphatic carbocycles. The van der Waals surface area contributed by atoms with Crippen molar-refractivity contribution in [3.05, 3.63) is 47.6 Å². The van der Waals surface area contributed by atoms with Crippen molar-refractivity contribution < 1.29 is 19.2 Å². The Kier molecular flexibility index (Phi) is 5.93. The first-order valence-corrected chi connectivity index (χ1v) is 11.4. The minimum Gasteiger partial charge on any atom is -0.478 e. The zero-order chi connectivity index (χ0) is 22.9. The van der Waals surface area contributed by atoms with E-state index < -0.39 is 5.97 Å². The van der Waals surface area contributed by atoms with Gasteiger partial charge in [-0.05, 0) is 74.6 Å². The quantitative estimate of drug-likeness (QED) is 0.628. The van der Waals surface area contributed by atoms with Crippen LogP contribution in [-0.2, 0) is 15.0 Å². The molecular formula is C25H31N3O4. The third-order valence-electron chi connectivity index (χ3n) is 7.24. The molecular weight excluding hydrogens is 406 g/mol. The molecule has 3 saturated carbocycles. The Bertz CT molecular complexity index is 1010. The fraction of sp³-hybridized carbons (Fsp3) is 0.520. The van der Waals surface area contributed by atoms with E-state index >= 15 is 0 Å². The number of benzene rings is 1. The Labute approximate surface area is 188 Å². The Morgan fingerprint density at radius 2 is 1.88 bits per heavy atom. The molecule has 0 atom stereocenters. The van der Waals surface area contributed by atoms with Crippen molar-refractivity contribution in [1.82, 2.24) is 10.1 Å². The van der Waals surface area contributed by atoms with Crippen LogP contribution in [0.2, 0.25) is 0 Å². The van der Waals surface area contributed by atoms with Crippen molar-refractivity contribution in [3.63, 3.8) is 0 Å². The zero-order valence-corrected chi connectivity index (χ0v) is 19.0. The molecule has 0 aliphatic heterocycles. The van der Waals surface area contributed by atoms with Crippen molar-refractivity contribution >= 4 is 23.6 Å². The first-order chi connectivity index (χ1) is 15.2. The molecule has 3 aliphatic rings. The summed E-state index contributed by atoms with van der Waals surface area (Å²) in [6, 6.07) is 7.56. The van der Waals surface area contributed by atoms with E-state index in [9.17, 15) is 9.59 Å².